The molecule has 0 atom stereocenters. The highest BCUT2D eigenvalue weighted by atomic mass is 32.2. The predicted molar refractivity (Wildman–Crippen MR) is 121 cm³/mol. The number of hydrogen-bond donors (Lipinski definition) is 0. The number of ether oxygens (including phenoxy) is 1. The van der Waals surface area contributed by atoms with E-state index in [1.165, 1.54) is 4.31 Å². The quantitative estimate of drug-likeness (QED) is 0.576. The van der Waals surface area contributed by atoms with Crippen molar-refractivity contribution in [2.45, 2.75) is 37.4 Å². The highest BCUT2D eigenvalue weighted by Crippen LogP contribution is 2.34. The number of sulfonamides is 1. The van der Waals surface area contributed by atoms with Crippen molar-refractivity contribution in [3.8, 4) is 11.3 Å². The largest absolute Gasteiger partial charge is 0.444 e. The van der Waals surface area contributed by atoms with Crippen molar-refractivity contribution in [2.75, 3.05) is 18.0 Å². The zero-order valence-corrected chi connectivity index (χ0v) is 19.1. The smallest absolute Gasteiger partial charge is 0.414 e. The van der Waals surface area contributed by atoms with Crippen LogP contribution in [0.15, 0.2) is 53.6 Å². The number of carbonyl (C=O) groups is 1. The van der Waals surface area contributed by atoms with Gasteiger partial charge in [-0.1, -0.05) is 42.0 Å². The summed E-state index contributed by atoms with van der Waals surface area (Å²) in [6, 6.07) is 15.1. The Labute approximate surface area is 190 Å². The van der Waals surface area contributed by atoms with Crippen molar-refractivity contribution in [1.82, 2.24) is 13.1 Å². The molecule has 0 aliphatic carbocycles. The number of cyclic esters (lactones) is 1. The van der Waals surface area contributed by atoms with Crippen molar-refractivity contribution in [3.05, 3.63) is 59.7 Å². The van der Waals surface area contributed by atoms with Gasteiger partial charge in [0.15, 0.2) is 0 Å². The van der Waals surface area contributed by atoms with Gasteiger partial charge >= 0.3 is 6.09 Å². The zero-order chi connectivity index (χ0) is 22.3. The van der Waals surface area contributed by atoms with Gasteiger partial charge < -0.3 is 4.74 Å². The van der Waals surface area contributed by atoms with Gasteiger partial charge in [0, 0.05) is 30.3 Å². The summed E-state index contributed by atoms with van der Waals surface area (Å²) in [6.07, 6.45) is 0.649. The molecule has 10 heteroatoms. The van der Waals surface area contributed by atoms with E-state index in [-0.39, 0.29) is 23.8 Å². The van der Waals surface area contributed by atoms with E-state index in [0.29, 0.717) is 31.6 Å². The van der Waals surface area contributed by atoms with Gasteiger partial charge in [0.2, 0.25) is 5.03 Å². The van der Waals surface area contributed by atoms with Crippen LogP contribution in [-0.2, 0) is 21.4 Å². The van der Waals surface area contributed by atoms with Gasteiger partial charge in [0.1, 0.15) is 12.3 Å². The molecule has 8 nitrogen and oxygen atoms in total. The maximum atomic E-state index is 13.4. The molecule has 1 saturated heterocycles. The number of rotatable bonds is 4. The minimum absolute atomic E-state index is 0.00530. The molecule has 0 unspecified atom stereocenters. The Morgan fingerprint density at radius 1 is 1.06 bits per heavy atom. The third kappa shape index (κ3) is 3.68. The van der Waals surface area contributed by atoms with Crippen LogP contribution in [0.3, 0.4) is 0 Å². The zero-order valence-electron chi connectivity index (χ0n) is 17.5. The summed E-state index contributed by atoms with van der Waals surface area (Å²) in [5, 5.41) is -0.00530. The van der Waals surface area contributed by atoms with Gasteiger partial charge in [0.05, 0.1) is 17.4 Å². The number of nitrogens with zero attached hydrogens (tertiary/aromatic N) is 4. The Kier molecular flexibility index (Phi) is 5.44. The number of carbonyl (C=O) groups excluding carboxylic acids is 1. The Morgan fingerprint density at radius 3 is 2.62 bits per heavy atom. The van der Waals surface area contributed by atoms with Crippen LogP contribution in [0, 0.1) is 6.92 Å². The minimum atomic E-state index is -3.80. The maximum Gasteiger partial charge on any atom is 0.414 e. The number of aryl methyl sites for hydroxylation is 1. The normalized spacial score (nSPS) is 17.8. The van der Waals surface area contributed by atoms with E-state index < -0.39 is 10.0 Å². The highest BCUT2D eigenvalue weighted by Gasteiger charge is 2.38. The standard InChI is InChI=1S/C22H22N4O4S2/c1-15-5-4-7-16(13-15)20-21(24-31-23-20)32(28,29)25-11-9-18(10-12-25)26-19-8-3-2-6-17(19)14-30-22(26)27/h2-8,13,18H,9-12,14H2,1H3. The Bertz CT molecular complexity index is 1270. The van der Waals surface area contributed by atoms with Crippen LogP contribution in [0.5, 0.6) is 0 Å². The SMILES string of the molecule is Cc1cccc(-c2nsnc2S(=O)(=O)N2CCC(N3C(=O)OCc4ccccc43)CC2)c1. The second-order valence-electron chi connectivity index (χ2n) is 7.98. The summed E-state index contributed by atoms with van der Waals surface area (Å²) in [6.45, 7) is 2.80. The van der Waals surface area contributed by atoms with Crippen molar-refractivity contribution in [2.24, 2.45) is 0 Å². The van der Waals surface area contributed by atoms with E-state index in [9.17, 15) is 13.2 Å². The van der Waals surface area contributed by atoms with Gasteiger partial charge in [-0.2, -0.15) is 13.1 Å². The highest BCUT2D eigenvalue weighted by molar-refractivity contribution is 7.89. The van der Waals surface area contributed by atoms with E-state index in [0.717, 1.165) is 34.1 Å². The molecule has 0 N–H and O–H groups in total. The number of aromatic nitrogens is 2. The maximum absolute atomic E-state index is 13.4. The fraction of sp³-hybridized carbons (Fsp3) is 0.318. The van der Waals surface area contributed by atoms with Crippen LogP contribution in [0.2, 0.25) is 0 Å². The molecular formula is C22H22N4O4S2. The fourth-order valence-corrected chi connectivity index (χ4v) is 6.66. The number of amides is 1. The molecule has 0 radical (unpaired) electrons. The number of anilines is 1. The average Bonchev–Trinajstić information content (AvgIpc) is 3.30. The van der Waals surface area contributed by atoms with Crippen LogP contribution in [0.4, 0.5) is 10.5 Å². The molecule has 3 aromatic rings. The summed E-state index contributed by atoms with van der Waals surface area (Å²) < 4.78 is 42.0. The lowest BCUT2D eigenvalue weighted by molar-refractivity contribution is 0.136. The fourth-order valence-electron chi connectivity index (χ4n) is 4.30. The molecule has 2 aliphatic rings. The first-order valence-electron chi connectivity index (χ1n) is 10.4. The Balaban J connectivity index is 1.36. The molecular weight excluding hydrogens is 448 g/mol. The monoisotopic (exact) mass is 470 g/mol. The van der Waals surface area contributed by atoms with E-state index in [1.807, 2.05) is 55.5 Å². The number of benzene rings is 2. The molecule has 32 heavy (non-hydrogen) atoms. The first-order chi connectivity index (χ1) is 15.4. The molecule has 1 aromatic heterocycles. The predicted octanol–water partition coefficient (Wildman–Crippen LogP) is 3.82. The van der Waals surface area contributed by atoms with Crippen molar-refractivity contribution in [1.29, 1.82) is 0 Å². The summed E-state index contributed by atoms with van der Waals surface area (Å²) >= 11 is 0.898. The lowest BCUT2D eigenvalue weighted by Crippen LogP contribution is -2.50. The summed E-state index contributed by atoms with van der Waals surface area (Å²) in [4.78, 5) is 14.2. The molecule has 0 bridgehead atoms. The number of para-hydroxylation sites is 1. The molecule has 1 fully saturated rings. The van der Waals surface area contributed by atoms with Gasteiger partial charge in [-0.25, -0.2) is 13.2 Å². The molecule has 5 rings (SSSR count). The lowest BCUT2D eigenvalue weighted by Gasteiger charge is -2.39. The third-order valence-corrected chi connectivity index (χ3v) is 8.38. The minimum Gasteiger partial charge on any atom is -0.444 e. The summed E-state index contributed by atoms with van der Waals surface area (Å²) in [7, 11) is -3.80. The van der Waals surface area contributed by atoms with Crippen LogP contribution in [0.1, 0.15) is 24.0 Å². The van der Waals surface area contributed by atoms with Crippen LogP contribution in [0.25, 0.3) is 11.3 Å². The molecule has 0 saturated carbocycles. The second-order valence-corrected chi connectivity index (χ2v) is 10.4. The van der Waals surface area contributed by atoms with Crippen LogP contribution in [-0.4, -0.2) is 46.7 Å². The van der Waals surface area contributed by atoms with Gasteiger partial charge in [0.25, 0.3) is 10.0 Å². The molecule has 3 heterocycles. The first kappa shape index (κ1) is 21.0. The first-order valence-corrected chi connectivity index (χ1v) is 12.6. The van der Waals surface area contributed by atoms with E-state index >= 15 is 0 Å². The van der Waals surface area contributed by atoms with Crippen molar-refractivity contribution in [3.63, 3.8) is 0 Å². The van der Waals surface area contributed by atoms with E-state index in [4.69, 9.17) is 4.74 Å². The second kappa shape index (κ2) is 8.27. The van der Waals surface area contributed by atoms with E-state index in [1.54, 1.807) is 4.90 Å². The van der Waals surface area contributed by atoms with Gasteiger partial charge in [-0.3, -0.25) is 4.90 Å². The molecule has 2 aromatic carbocycles. The van der Waals surface area contributed by atoms with Crippen molar-refractivity contribution < 1.29 is 17.9 Å². The number of fused-ring (bicyclic) bond motifs is 1. The number of piperidine rings is 1. The average molecular weight is 471 g/mol. The molecule has 0 spiro atoms. The molecule has 1 amide bonds. The van der Waals surface area contributed by atoms with Gasteiger partial charge in [-0.15, -0.1) is 0 Å². The Hall–Kier alpha value is -2.82. The van der Waals surface area contributed by atoms with Crippen LogP contribution < -0.4 is 4.90 Å². The lowest BCUT2D eigenvalue weighted by atomic mass is 10.0. The summed E-state index contributed by atoms with van der Waals surface area (Å²) in [5.41, 5.74) is 3.94. The van der Waals surface area contributed by atoms with Gasteiger partial charge in [-0.05, 0) is 31.9 Å². The van der Waals surface area contributed by atoms with Crippen LogP contribution >= 0.6 is 11.7 Å². The topological polar surface area (TPSA) is 92.7 Å². The number of hydrogen-bond acceptors (Lipinski definition) is 7. The molecule has 166 valence electrons. The van der Waals surface area contributed by atoms with Crippen molar-refractivity contribution >= 4 is 33.5 Å². The Morgan fingerprint density at radius 2 is 1.84 bits per heavy atom. The summed E-state index contributed by atoms with van der Waals surface area (Å²) in [5.74, 6) is 0. The third-order valence-electron chi connectivity index (χ3n) is 5.92. The van der Waals surface area contributed by atoms with E-state index in [2.05, 4.69) is 8.75 Å². The molecule has 2 aliphatic heterocycles.